The average Bonchev–Trinajstić information content (AvgIpc) is 2.94. The first-order valence-electron chi connectivity index (χ1n) is 8.08. The van der Waals surface area contributed by atoms with Gasteiger partial charge in [-0.25, -0.2) is 0 Å². The Hall–Kier alpha value is -2.88. The first-order chi connectivity index (χ1) is 11.9. The summed E-state index contributed by atoms with van der Waals surface area (Å²) in [6, 6.07) is 20.8. The second kappa shape index (κ2) is 8.29. The average molecular weight is 337 g/mol. The molecule has 0 radical (unpaired) electrons. The van der Waals surface area contributed by atoms with Gasteiger partial charge in [-0.15, -0.1) is 0 Å². The molecule has 1 unspecified atom stereocenters. The summed E-state index contributed by atoms with van der Waals surface area (Å²) in [4.78, 5) is 14.3. The van der Waals surface area contributed by atoms with Crippen LogP contribution in [0.15, 0.2) is 77.9 Å². The number of ether oxygens (including phenoxy) is 2. The number of rotatable bonds is 2. The zero-order chi connectivity index (χ0) is 18.3. The van der Waals surface area contributed by atoms with E-state index >= 15 is 0 Å². The van der Waals surface area contributed by atoms with Gasteiger partial charge in [0.1, 0.15) is 5.60 Å². The third-order valence-corrected chi connectivity index (χ3v) is 3.19. The molecule has 0 saturated carbocycles. The quantitative estimate of drug-likeness (QED) is 0.751. The van der Waals surface area contributed by atoms with Crippen LogP contribution in [0.5, 0.6) is 0 Å². The summed E-state index contributed by atoms with van der Waals surface area (Å²) in [6.45, 7) is 9.18. The fourth-order valence-corrected chi connectivity index (χ4v) is 2.06. The zero-order valence-corrected chi connectivity index (χ0v) is 14.8. The summed E-state index contributed by atoms with van der Waals surface area (Å²) in [6.07, 6.45) is 0.0807. The number of nitrogens with zero attached hydrogens (tertiary/aromatic N) is 1. The molecule has 3 rings (SSSR count). The van der Waals surface area contributed by atoms with Gasteiger partial charge in [0.15, 0.2) is 12.4 Å². The maximum Gasteiger partial charge on any atom is 0.390 e. The minimum Gasteiger partial charge on any atom is -0.445 e. The molecule has 0 aliphatic carbocycles. The summed E-state index contributed by atoms with van der Waals surface area (Å²) < 4.78 is 10.4. The van der Waals surface area contributed by atoms with Crippen molar-refractivity contribution in [1.29, 1.82) is 0 Å². The first kappa shape index (κ1) is 18.5. The van der Waals surface area contributed by atoms with Gasteiger partial charge in [-0.05, 0) is 31.9 Å². The Morgan fingerprint density at radius 1 is 1.00 bits per heavy atom. The van der Waals surface area contributed by atoms with Crippen LogP contribution < -0.4 is 0 Å². The number of aldehydes is 1. The minimum atomic E-state index is -0.683. The number of carbonyl (C=O) groups is 1. The third-order valence-electron chi connectivity index (χ3n) is 3.19. The molecule has 130 valence electrons. The number of hydrogen-bond acceptors (Lipinski definition) is 4. The van der Waals surface area contributed by atoms with Crippen molar-refractivity contribution in [3.63, 3.8) is 0 Å². The molecule has 0 N–H and O–H groups in total. The molecule has 0 spiro atoms. The standard InChI is InChI=1S/C12H10.C9H13NO3/c1-3-7-11(8-4-1)12-9-5-2-6-10-12;1-6-7(5-11)12-8(10-6)13-9(2,3)4/h1-10H;5,7H,1H2,2-4H3. The van der Waals surface area contributed by atoms with Crippen LogP contribution in [0.1, 0.15) is 20.8 Å². The Labute approximate surface area is 148 Å². The van der Waals surface area contributed by atoms with Gasteiger partial charge in [-0.2, -0.15) is 4.99 Å². The van der Waals surface area contributed by atoms with Crippen molar-refractivity contribution in [3.8, 4) is 11.1 Å². The SMILES string of the molecule is C=C1N=C(OC(C)(C)C)OC1C=O.c1ccc(-c2ccccc2)cc1. The topological polar surface area (TPSA) is 47.9 Å². The van der Waals surface area contributed by atoms with Gasteiger partial charge >= 0.3 is 6.08 Å². The van der Waals surface area contributed by atoms with Crippen molar-refractivity contribution in [2.75, 3.05) is 0 Å². The van der Waals surface area contributed by atoms with Gasteiger partial charge in [-0.1, -0.05) is 67.2 Å². The van der Waals surface area contributed by atoms with E-state index < -0.39 is 6.10 Å². The summed E-state index contributed by atoms with van der Waals surface area (Å²) in [5.41, 5.74) is 2.56. The monoisotopic (exact) mass is 337 g/mol. The summed E-state index contributed by atoms with van der Waals surface area (Å²) in [5.74, 6) is 0. The number of hydrogen-bond donors (Lipinski definition) is 0. The normalized spacial score (nSPS) is 16.2. The third kappa shape index (κ3) is 5.92. The van der Waals surface area contributed by atoms with Crippen molar-refractivity contribution < 1.29 is 14.3 Å². The fraction of sp³-hybridized carbons (Fsp3) is 0.238. The van der Waals surface area contributed by atoms with Crippen molar-refractivity contribution in [1.82, 2.24) is 0 Å². The van der Waals surface area contributed by atoms with Crippen molar-refractivity contribution >= 4 is 12.4 Å². The minimum absolute atomic E-state index is 0.120. The highest BCUT2D eigenvalue weighted by Crippen LogP contribution is 2.19. The maximum atomic E-state index is 10.4. The molecule has 4 heteroatoms. The van der Waals surface area contributed by atoms with Crippen LogP contribution in [0.25, 0.3) is 11.1 Å². The van der Waals surface area contributed by atoms with E-state index in [9.17, 15) is 4.79 Å². The molecule has 4 nitrogen and oxygen atoms in total. The lowest BCUT2D eigenvalue weighted by atomic mass is 10.1. The fourth-order valence-electron chi connectivity index (χ4n) is 2.06. The molecule has 1 aliphatic rings. The van der Waals surface area contributed by atoms with Gasteiger partial charge in [0.25, 0.3) is 0 Å². The Morgan fingerprint density at radius 3 is 1.84 bits per heavy atom. The molecule has 0 amide bonds. The zero-order valence-electron chi connectivity index (χ0n) is 14.8. The molecule has 0 fully saturated rings. The van der Waals surface area contributed by atoms with Gasteiger partial charge in [0, 0.05) is 0 Å². The second-order valence-electron chi connectivity index (χ2n) is 6.49. The number of aliphatic imine (C=N–C) groups is 1. The Balaban J connectivity index is 0.000000181. The van der Waals surface area contributed by atoms with Crippen LogP contribution >= 0.6 is 0 Å². The molecule has 1 heterocycles. The van der Waals surface area contributed by atoms with Gasteiger partial charge in [0.05, 0.1) is 5.70 Å². The van der Waals surface area contributed by atoms with Crippen LogP contribution in [0.4, 0.5) is 0 Å². The predicted octanol–water partition coefficient (Wildman–Crippen LogP) is 4.62. The second-order valence-corrected chi connectivity index (χ2v) is 6.49. The molecular weight excluding hydrogens is 314 g/mol. The van der Waals surface area contributed by atoms with E-state index in [0.29, 0.717) is 12.0 Å². The van der Waals surface area contributed by atoms with E-state index in [-0.39, 0.29) is 11.7 Å². The van der Waals surface area contributed by atoms with Crippen LogP contribution in [0.3, 0.4) is 0 Å². The van der Waals surface area contributed by atoms with E-state index in [0.717, 1.165) is 0 Å². The van der Waals surface area contributed by atoms with E-state index in [1.54, 1.807) is 0 Å². The Morgan fingerprint density at radius 2 is 1.48 bits per heavy atom. The van der Waals surface area contributed by atoms with Crippen molar-refractivity contribution in [2.45, 2.75) is 32.5 Å². The molecule has 2 aromatic rings. The van der Waals surface area contributed by atoms with E-state index in [2.05, 4.69) is 60.1 Å². The van der Waals surface area contributed by atoms with Crippen LogP contribution in [0.2, 0.25) is 0 Å². The molecule has 0 saturated heterocycles. The van der Waals surface area contributed by atoms with Gasteiger partial charge in [0.2, 0.25) is 0 Å². The highest BCUT2D eigenvalue weighted by molar-refractivity contribution is 5.78. The van der Waals surface area contributed by atoms with E-state index in [1.165, 1.54) is 11.1 Å². The lowest BCUT2D eigenvalue weighted by molar-refractivity contribution is -0.113. The predicted molar refractivity (Wildman–Crippen MR) is 100 cm³/mol. The van der Waals surface area contributed by atoms with Gasteiger partial charge in [-0.3, -0.25) is 4.79 Å². The molecule has 25 heavy (non-hydrogen) atoms. The first-order valence-corrected chi connectivity index (χ1v) is 8.08. The maximum absolute atomic E-state index is 10.4. The molecule has 0 bridgehead atoms. The van der Waals surface area contributed by atoms with E-state index in [4.69, 9.17) is 9.47 Å². The highest BCUT2D eigenvalue weighted by atomic mass is 16.7. The molecular formula is C21H23NO3. The summed E-state index contributed by atoms with van der Waals surface area (Å²) in [5, 5.41) is 0. The lowest BCUT2D eigenvalue weighted by Crippen LogP contribution is -2.25. The summed E-state index contributed by atoms with van der Waals surface area (Å²) in [7, 11) is 0. The Kier molecular flexibility index (Phi) is 6.12. The molecule has 1 atom stereocenters. The van der Waals surface area contributed by atoms with Crippen molar-refractivity contribution in [3.05, 3.63) is 72.9 Å². The summed E-state index contributed by atoms with van der Waals surface area (Å²) >= 11 is 0. The lowest BCUT2D eigenvalue weighted by Gasteiger charge is -2.19. The van der Waals surface area contributed by atoms with Crippen LogP contribution in [0, 0.1) is 0 Å². The largest absolute Gasteiger partial charge is 0.445 e. The van der Waals surface area contributed by atoms with Crippen LogP contribution in [-0.4, -0.2) is 24.1 Å². The number of carbonyl (C=O) groups excluding carboxylic acids is 1. The Bertz CT molecular complexity index is 693. The van der Waals surface area contributed by atoms with E-state index in [1.807, 2.05) is 32.9 Å². The molecule has 0 aromatic heterocycles. The molecule has 2 aromatic carbocycles. The molecule has 1 aliphatic heterocycles. The van der Waals surface area contributed by atoms with Crippen molar-refractivity contribution in [2.24, 2.45) is 4.99 Å². The van der Waals surface area contributed by atoms with Gasteiger partial charge < -0.3 is 9.47 Å². The smallest absolute Gasteiger partial charge is 0.390 e. The highest BCUT2D eigenvalue weighted by Gasteiger charge is 2.27. The van der Waals surface area contributed by atoms with Crippen LogP contribution in [-0.2, 0) is 14.3 Å². The number of benzene rings is 2.